The second-order valence-corrected chi connectivity index (χ2v) is 8.34. The molecule has 34 heavy (non-hydrogen) atoms. The van der Waals surface area contributed by atoms with Crippen LogP contribution in [0.25, 0.3) is 6.08 Å². The number of aryl methyl sites for hydroxylation is 1. The standard InChI is InChI=1S/C27H38N4O3/c1-7-30(8-2)13-14-34-26-12-10-9-11-23(26)18-29-27(32)25(17-28)16-24-15-20(3)31(22(24)5)21(4)19-33-6/h9-12,15-16,21H,7-8,13-14,18-19H2,1-6H3,(H,29,32)/b25-16-. The molecule has 0 fully saturated rings. The smallest absolute Gasteiger partial charge is 0.262 e. The zero-order valence-electron chi connectivity index (χ0n) is 21.4. The summed E-state index contributed by atoms with van der Waals surface area (Å²) in [4.78, 5) is 15.1. The van der Waals surface area contributed by atoms with Crippen LogP contribution >= 0.6 is 0 Å². The summed E-state index contributed by atoms with van der Waals surface area (Å²) < 4.78 is 13.4. The van der Waals surface area contributed by atoms with E-state index in [-0.39, 0.29) is 18.2 Å². The number of ether oxygens (including phenoxy) is 2. The van der Waals surface area contributed by atoms with Gasteiger partial charge in [0, 0.05) is 37.2 Å². The fourth-order valence-electron chi connectivity index (χ4n) is 4.13. The molecule has 2 aromatic rings. The van der Waals surface area contributed by atoms with Gasteiger partial charge in [0.2, 0.25) is 0 Å². The summed E-state index contributed by atoms with van der Waals surface area (Å²) in [5.41, 5.74) is 3.85. The average molecular weight is 467 g/mol. The highest BCUT2D eigenvalue weighted by molar-refractivity contribution is 6.01. The largest absolute Gasteiger partial charge is 0.492 e. The van der Waals surface area contributed by atoms with Gasteiger partial charge in [0.1, 0.15) is 24.0 Å². The number of hydrogen-bond acceptors (Lipinski definition) is 5. The molecule has 0 aliphatic rings. The van der Waals surface area contributed by atoms with Gasteiger partial charge in [-0.15, -0.1) is 0 Å². The summed E-state index contributed by atoms with van der Waals surface area (Å²) in [6.07, 6.45) is 1.65. The van der Waals surface area contributed by atoms with Crippen molar-refractivity contribution in [2.24, 2.45) is 0 Å². The molecule has 1 aromatic carbocycles. The van der Waals surface area contributed by atoms with Crippen LogP contribution in [0, 0.1) is 25.2 Å². The summed E-state index contributed by atoms with van der Waals surface area (Å²) in [6, 6.07) is 11.9. The van der Waals surface area contributed by atoms with Crippen LogP contribution in [0.3, 0.4) is 0 Å². The highest BCUT2D eigenvalue weighted by atomic mass is 16.5. The zero-order chi connectivity index (χ0) is 25.1. The van der Waals surface area contributed by atoms with Crippen molar-refractivity contribution >= 4 is 12.0 Å². The number of nitrogens with one attached hydrogen (secondary N) is 1. The number of aromatic nitrogens is 1. The highest BCUT2D eigenvalue weighted by Crippen LogP contribution is 2.23. The zero-order valence-corrected chi connectivity index (χ0v) is 21.4. The van der Waals surface area contributed by atoms with Crippen LogP contribution in [-0.2, 0) is 16.1 Å². The molecule has 0 aliphatic carbocycles. The van der Waals surface area contributed by atoms with Crippen molar-refractivity contribution in [3.05, 3.63) is 58.4 Å². The topological polar surface area (TPSA) is 79.5 Å². The van der Waals surface area contributed by atoms with E-state index in [2.05, 4.69) is 35.6 Å². The Kier molecular flexibility index (Phi) is 10.9. The molecule has 7 heteroatoms. The lowest BCUT2D eigenvalue weighted by molar-refractivity contribution is -0.117. The SMILES string of the molecule is CCN(CC)CCOc1ccccc1CNC(=O)/C(C#N)=C\c1cc(C)n(C(C)COC)c1C. The van der Waals surface area contributed by atoms with Crippen LogP contribution in [0.5, 0.6) is 5.75 Å². The lowest BCUT2D eigenvalue weighted by Crippen LogP contribution is -2.28. The van der Waals surface area contributed by atoms with E-state index in [9.17, 15) is 10.1 Å². The number of benzene rings is 1. The molecule has 0 bridgehead atoms. The number of methoxy groups -OCH3 is 1. The molecule has 0 aliphatic heterocycles. The van der Waals surface area contributed by atoms with Crippen molar-refractivity contribution in [3.8, 4) is 11.8 Å². The average Bonchev–Trinajstić information content (AvgIpc) is 3.12. The first-order chi connectivity index (χ1) is 16.4. The summed E-state index contributed by atoms with van der Waals surface area (Å²) in [5, 5.41) is 12.5. The normalized spacial score (nSPS) is 12.5. The number of carbonyl (C=O) groups excluding carboxylic acids is 1. The van der Waals surface area contributed by atoms with Crippen molar-refractivity contribution < 1.29 is 14.3 Å². The first-order valence-corrected chi connectivity index (χ1v) is 11.9. The number of likely N-dealkylation sites (N-methyl/N-ethyl adjacent to an activating group) is 1. The minimum absolute atomic E-state index is 0.0691. The van der Waals surface area contributed by atoms with Gasteiger partial charge < -0.3 is 24.3 Å². The molecular weight excluding hydrogens is 428 g/mol. The summed E-state index contributed by atoms with van der Waals surface area (Å²) in [6.45, 7) is 14.6. The molecule has 0 spiro atoms. The van der Waals surface area contributed by atoms with Crippen molar-refractivity contribution in [1.82, 2.24) is 14.8 Å². The van der Waals surface area contributed by atoms with Gasteiger partial charge in [0.25, 0.3) is 5.91 Å². The number of amides is 1. The van der Waals surface area contributed by atoms with Gasteiger partial charge >= 0.3 is 0 Å². The Morgan fingerprint density at radius 3 is 2.62 bits per heavy atom. The van der Waals surface area contributed by atoms with Gasteiger partial charge in [-0.05, 0) is 57.6 Å². The number of hydrogen-bond donors (Lipinski definition) is 1. The van der Waals surface area contributed by atoms with E-state index >= 15 is 0 Å². The van der Waals surface area contributed by atoms with Gasteiger partial charge in [-0.1, -0.05) is 32.0 Å². The van der Waals surface area contributed by atoms with E-state index < -0.39 is 5.91 Å². The Labute approximate surface area is 204 Å². The number of rotatable bonds is 13. The van der Waals surface area contributed by atoms with Crippen molar-refractivity contribution in [1.29, 1.82) is 5.26 Å². The van der Waals surface area contributed by atoms with Crippen LogP contribution in [0.1, 0.15) is 49.3 Å². The third-order valence-corrected chi connectivity index (χ3v) is 6.01. The van der Waals surface area contributed by atoms with E-state index in [4.69, 9.17) is 9.47 Å². The summed E-state index contributed by atoms with van der Waals surface area (Å²) in [5.74, 6) is 0.336. The number of carbonyl (C=O) groups is 1. The van der Waals surface area contributed by atoms with Gasteiger partial charge in [0.05, 0.1) is 12.6 Å². The first-order valence-electron chi connectivity index (χ1n) is 11.9. The molecule has 1 unspecified atom stereocenters. The maximum Gasteiger partial charge on any atom is 0.262 e. The molecule has 1 N–H and O–H groups in total. The minimum Gasteiger partial charge on any atom is -0.492 e. The van der Waals surface area contributed by atoms with E-state index in [1.165, 1.54) is 0 Å². The Morgan fingerprint density at radius 1 is 1.26 bits per heavy atom. The summed E-state index contributed by atoms with van der Waals surface area (Å²) >= 11 is 0. The van der Waals surface area contributed by atoms with E-state index in [0.717, 1.165) is 47.9 Å². The molecule has 1 atom stereocenters. The van der Waals surface area contributed by atoms with Crippen molar-refractivity contribution in [2.75, 3.05) is 40.0 Å². The van der Waals surface area contributed by atoms with Gasteiger partial charge in [0.15, 0.2) is 0 Å². The highest BCUT2D eigenvalue weighted by Gasteiger charge is 2.16. The maximum absolute atomic E-state index is 12.8. The van der Waals surface area contributed by atoms with Gasteiger partial charge in [-0.3, -0.25) is 4.79 Å². The molecule has 2 rings (SSSR count). The molecule has 0 saturated heterocycles. The maximum atomic E-state index is 12.8. The number of para-hydroxylation sites is 1. The Hall–Kier alpha value is -3.08. The van der Waals surface area contributed by atoms with Crippen LogP contribution in [0.4, 0.5) is 0 Å². The van der Waals surface area contributed by atoms with Crippen molar-refractivity contribution in [2.45, 2.75) is 47.2 Å². The quantitative estimate of drug-likeness (QED) is 0.353. The minimum atomic E-state index is -0.407. The predicted molar refractivity (Wildman–Crippen MR) is 136 cm³/mol. The van der Waals surface area contributed by atoms with Crippen LogP contribution in [0.15, 0.2) is 35.9 Å². The Morgan fingerprint density at radius 2 is 1.97 bits per heavy atom. The van der Waals surface area contributed by atoms with Crippen molar-refractivity contribution in [3.63, 3.8) is 0 Å². The van der Waals surface area contributed by atoms with E-state index in [1.54, 1.807) is 13.2 Å². The fourth-order valence-corrected chi connectivity index (χ4v) is 4.13. The fraction of sp³-hybridized carbons (Fsp3) is 0.481. The summed E-state index contributed by atoms with van der Waals surface area (Å²) in [7, 11) is 1.68. The molecule has 1 heterocycles. The third kappa shape index (κ3) is 7.21. The Bertz CT molecular complexity index is 1020. The molecular formula is C27H38N4O3. The van der Waals surface area contributed by atoms with E-state index in [0.29, 0.717) is 13.2 Å². The predicted octanol–water partition coefficient (Wildman–Crippen LogP) is 4.26. The van der Waals surface area contributed by atoms with Crippen LogP contribution < -0.4 is 10.1 Å². The molecule has 184 valence electrons. The lowest BCUT2D eigenvalue weighted by Gasteiger charge is -2.19. The van der Waals surface area contributed by atoms with Gasteiger partial charge in [-0.2, -0.15) is 5.26 Å². The first kappa shape index (κ1) is 27.2. The number of nitriles is 1. The molecule has 1 amide bonds. The second kappa shape index (κ2) is 13.6. The molecule has 0 saturated carbocycles. The molecule has 7 nitrogen and oxygen atoms in total. The number of nitrogens with zero attached hydrogens (tertiary/aromatic N) is 3. The lowest BCUT2D eigenvalue weighted by atomic mass is 10.1. The Balaban J connectivity index is 2.09. The third-order valence-electron chi connectivity index (χ3n) is 6.01. The van der Waals surface area contributed by atoms with Crippen LogP contribution in [-0.4, -0.2) is 55.3 Å². The molecule has 0 radical (unpaired) electrons. The van der Waals surface area contributed by atoms with E-state index in [1.807, 2.05) is 50.2 Å². The van der Waals surface area contributed by atoms with Gasteiger partial charge in [-0.25, -0.2) is 0 Å². The van der Waals surface area contributed by atoms with Crippen LogP contribution in [0.2, 0.25) is 0 Å². The second-order valence-electron chi connectivity index (χ2n) is 8.34. The monoisotopic (exact) mass is 466 g/mol. The molecule has 1 aromatic heterocycles.